The van der Waals surface area contributed by atoms with Gasteiger partial charge in [0.2, 0.25) is 5.52 Å². The van der Waals surface area contributed by atoms with Crippen LogP contribution in [0.3, 0.4) is 0 Å². The number of thiazole rings is 1. The lowest BCUT2D eigenvalue weighted by Crippen LogP contribution is -2.49. The van der Waals surface area contributed by atoms with Gasteiger partial charge in [-0.1, -0.05) is 53.8 Å². The molecule has 0 radical (unpaired) electrons. The minimum atomic E-state index is 1.07. The first-order valence-electron chi connectivity index (χ1n) is 11.9. The predicted octanol–water partition coefficient (Wildman–Crippen LogP) is 6.25. The number of benzene rings is 2. The van der Waals surface area contributed by atoms with E-state index in [4.69, 9.17) is 0 Å². The van der Waals surface area contributed by atoms with E-state index in [1.54, 1.807) is 0 Å². The summed E-state index contributed by atoms with van der Waals surface area (Å²) in [5, 5.41) is 1.32. The third-order valence-corrected chi connectivity index (χ3v) is 7.84. The SMILES string of the molecule is CC[N+](CC)(CC)CCC[n+]1c(/C=C/C=C/c2ccc(N(C)C)cc2)sc2ccccc21. The second-order valence-electron chi connectivity index (χ2n) is 8.63. The number of hydrogen-bond donors (Lipinski definition) is 0. The number of quaternary nitrogens is 1. The predicted molar refractivity (Wildman–Crippen MR) is 142 cm³/mol. The average molecular weight is 450 g/mol. The number of nitrogens with zero attached hydrogens (tertiary/aromatic N) is 3. The highest BCUT2D eigenvalue weighted by molar-refractivity contribution is 7.18. The maximum Gasteiger partial charge on any atom is 0.262 e. The molecular formula is C28H39N3S+2. The van der Waals surface area contributed by atoms with Gasteiger partial charge in [-0.15, -0.1) is 0 Å². The molecule has 0 fully saturated rings. The van der Waals surface area contributed by atoms with Crippen molar-refractivity contribution in [1.82, 2.24) is 0 Å². The number of para-hydroxylation sites is 1. The summed E-state index contributed by atoms with van der Waals surface area (Å²) in [6.45, 7) is 12.9. The summed E-state index contributed by atoms with van der Waals surface area (Å²) in [7, 11) is 4.14. The zero-order valence-corrected chi connectivity index (χ0v) is 21.2. The van der Waals surface area contributed by atoms with Crippen LogP contribution < -0.4 is 9.47 Å². The zero-order chi connectivity index (χ0) is 23.0. The largest absolute Gasteiger partial charge is 0.378 e. The van der Waals surface area contributed by atoms with Gasteiger partial charge in [0.25, 0.3) is 5.01 Å². The zero-order valence-electron chi connectivity index (χ0n) is 20.4. The molecule has 170 valence electrons. The van der Waals surface area contributed by atoms with Crippen LogP contribution in [0.1, 0.15) is 37.8 Å². The molecule has 0 saturated carbocycles. The first-order chi connectivity index (χ1) is 15.5. The van der Waals surface area contributed by atoms with Crippen molar-refractivity contribution >= 4 is 39.4 Å². The van der Waals surface area contributed by atoms with Crippen molar-refractivity contribution in [3.63, 3.8) is 0 Å². The molecule has 2 aromatic carbocycles. The normalized spacial score (nSPS) is 12.4. The van der Waals surface area contributed by atoms with E-state index in [0.717, 1.165) is 6.54 Å². The fourth-order valence-corrected chi connectivity index (χ4v) is 5.41. The molecular weight excluding hydrogens is 410 g/mol. The second kappa shape index (κ2) is 11.4. The molecule has 0 atom stereocenters. The first kappa shape index (κ1) is 24.2. The van der Waals surface area contributed by atoms with Gasteiger partial charge in [0, 0.05) is 31.9 Å². The molecule has 0 unspecified atom stereocenters. The lowest BCUT2D eigenvalue weighted by atomic mass is 10.2. The molecule has 3 aromatic rings. The monoisotopic (exact) mass is 449 g/mol. The summed E-state index contributed by atoms with van der Waals surface area (Å²) in [5.74, 6) is 0. The molecule has 0 N–H and O–H groups in total. The van der Waals surface area contributed by atoms with Crippen molar-refractivity contribution in [3.05, 3.63) is 71.3 Å². The van der Waals surface area contributed by atoms with Gasteiger partial charge in [0.15, 0.2) is 6.54 Å². The van der Waals surface area contributed by atoms with E-state index in [1.165, 1.54) is 63.6 Å². The molecule has 0 spiro atoms. The second-order valence-corrected chi connectivity index (χ2v) is 9.69. The number of hydrogen-bond acceptors (Lipinski definition) is 2. The third-order valence-electron chi connectivity index (χ3n) is 6.71. The van der Waals surface area contributed by atoms with Gasteiger partial charge < -0.3 is 9.38 Å². The van der Waals surface area contributed by atoms with Gasteiger partial charge in [0.05, 0.1) is 32.6 Å². The fourth-order valence-electron chi connectivity index (χ4n) is 4.31. The Hall–Kier alpha value is -2.43. The fraction of sp³-hybridized carbons (Fsp3) is 0.393. The van der Waals surface area contributed by atoms with Crippen molar-refractivity contribution in [2.75, 3.05) is 45.2 Å². The molecule has 0 aliphatic rings. The minimum absolute atomic E-state index is 1.07. The van der Waals surface area contributed by atoms with Crippen molar-refractivity contribution in [2.24, 2.45) is 0 Å². The summed E-state index contributed by atoms with van der Waals surface area (Å²) in [5.41, 5.74) is 3.79. The van der Waals surface area contributed by atoms with E-state index in [1.807, 2.05) is 11.3 Å². The number of fused-ring (bicyclic) bond motifs is 1. The van der Waals surface area contributed by atoms with Crippen molar-refractivity contribution in [2.45, 2.75) is 33.7 Å². The van der Waals surface area contributed by atoms with Crippen LogP contribution in [-0.2, 0) is 6.54 Å². The van der Waals surface area contributed by atoms with E-state index in [0.29, 0.717) is 0 Å². The topological polar surface area (TPSA) is 7.12 Å². The van der Waals surface area contributed by atoms with E-state index >= 15 is 0 Å². The van der Waals surface area contributed by atoms with Crippen LogP contribution in [0.4, 0.5) is 5.69 Å². The highest BCUT2D eigenvalue weighted by Crippen LogP contribution is 2.22. The van der Waals surface area contributed by atoms with Crippen LogP contribution >= 0.6 is 11.3 Å². The Morgan fingerprint density at radius 3 is 2.19 bits per heavy atom. The summed E-state index contributed by atoms with van der Waals surface area (Å²) in [6, 6.07) is 17.4. The Morgan fingerprint density at radius 2 is 1.53 bits per heavy atom. The van der Waals surface area contributed by atoms with Crippen LogP contribution in [0.2, 0.25) is 0 Å². The van der Waals surface area contributed by atoms with Crippen LogP contribution in [0.25, 0.3) is 22.4 Å². The summed E-state index contributed by atoms with van der Waals surface area (Å²) < 4.78 is 5.08. The molecule has 0 aliphatic heterocycles. The maximum absolute atomic E-state index is 2.51. The number of anilines is 1. The smallest absolute Gasteiger partial charge is 0.262 e. The molecule has 3 rings (SSSR count). The Kier molecular flexibility index (Phi) is 8.66. The van der Waals surface area contributed by atoms with Crippen molar-refractivity contribution in [1.29, 1.82) is 0 Å². The number of allylic oxidation sites excluding steroid dienone is 2. The molecule has 1 heterocycles. The van der Waals surface area contributed by atoms with Crippen LogP contribution in [0.5, 0.6) is 0 Å². The Morgan fingerprint density at radius 1 is 0.875 bits per heavy atom. The molecule has 4 heteroatoms. The molecule has 0 aliphatic carbocycles. The van der Waals surface area contributed by atoms with Crippen LogP contribution in [-0.4, -0.2) is 44.8 Å². The van der Waals surface area contributed by atoms with Gasteiger partial charge in [0.1, 0.15) is 4.70 Å². The molecule has 0 bridgehead atoms. The van der Waals surface area contributed by atoms with Crippen LogP contribution in [0, 0.1) is 0 Å². The highest BCUT2D eigenvalue weighted by atomic mass is 32.1. The van der Waals surface area contributed by atoms with Gasteiger partial charge in [-0.25, -0.2) is 0 Å². The molecule has 32 heavy (non-hydrogen) atoms. The lowest BCUT2D eigenvalue weighted by molar-refractivity contribution is -0.925. The van der Waals surface area contributed by atoms with Gasteiger partial charge in [-0.05, 0) is 44.5 Å². The van der Waals surface area contributed by atoms with Gasteiger partial charge in [-0.3, -0.25) is 0 Å². The number of aryl methyl sites for hydroxylation is 1. The Balaban J connectivity index is 1.74. The van der Waals surface area contributed by atoms with E-state index in [9.17, 15) is 0 Å². The van der Waals surface area contributed by atoms with E-state index in [2.05, 4.69) is 117 Å². The summed E-state index contributed by atoms with van der Waals surface area (Å²) in [6.07, 6.45) is 9.95. The quantitative estimate of drug-likeness (QED) is 0.191. The van der Waals surface area contributed by atoms with Crippen molar-refractivity contribution < 1.29 is 9.05 Å². The van der Waals surface area contributed by atoms with E-state index in [-0.39, 0.29) is 0 Å². The average Bonchev–Trinajstić information content (AvgIpc) is 3.17. The van der Waals surface area contributed by atoms with Gasteiger partial charge >= 0.3 is 0 Å². The molecule has 1 aromatic heterocycles. The Labute approximate surface area is 198 Å². The molecule has 0 amide bonds. The summed E-state index contributed by atoms with van der Waals surface area (Å²) >= 11 is 1.88. The van der Waals surface area contributed by atoms with Crippen LogP contribution in [0.15, 0.2) is 60.7 Å². The third kappa shape index (κ3) is 5.87. The lowest BCUT2D eigenvalue weighted by Gasteiger charge is -2.35. The van der Waals surface area contributed by atoms with Crippen molar-refractivity contribution in [3.8, 4) is 0 Å². The number of aromatic nitrogens is 1. The molecule has 3 nitrogen and oxygen atoms in total. The highest BCUT2D eigenvalue weighted by Gasteiger charge is 2.23. The first-order valence-corrected chi connectivity index (χ1v) is 12.7. The molecule has 0 saturated heterocycles. The Bertz CT molecular complexity index is 1030. The van der Waals surface area contributed by atoms with E-state index < -0.39 is 0 Å². The number of rotatable bonds is 11. The minimum Gasteiger partial charge on any atom is -0.378 e. The standard InChI is InChI=1S/C28H39N3S/c1-6-31(7-2,8-3)23-13-22-30-26-15-10-11-16-27(26)32-28(30)17-12-9-14-24-18-20-25(21-19-24)29(4)5/h9-12,14-21H,6-8,13,22-23H2,1-5H3/q+2. The van der Waals surface area contributed by atoms with Gasteiger partial charge in [-0.2, -0.15) is 4.57 Å². The maximum atomic E-state index is 2.51. The summed E-state index contributed by atoms with van der Waals surface area (Å²) in [4.78, 5) is 2.12.